The van der Waals surface area contributed by atoms with E-state index in [1.54, 1.807) is 14.2 Å². The molecule has 2 fully saturated rings. The standard InChI is InChI=1S/C20H28N2O4/c1-13(2)21-12-15(9-19(21)23)20(24)22(16-6-7-16)11-14-5-8-17(25-3)10-18(14)26-4/h5,8,10,13,15-16H,6-7,9,11-12H2,1-4H3/t15-/m0/s1. The largest absolute Gasteiger partial charge is 0.497 e. The Bertz CT molecular complexity index is 684. The highest BCUT2D eigenvalue weighted by Crippen LogP contribution is 2.34. The van der Waals surface area contributed by atoms with Gasteiger partial charge >= 0.3 is 0 Å². The summed E-state index contributed by atoms with van der Waals surface area (Å²) in [7, 11) is 3.24. The lowest BCUT2D eigenvalue weighted by atomic mass is 10.1. The summed E-state index contributed by atoms with van der Waals surface area (Å²) in [6.45, 7) is 5.01. The molecular formula is C20H28N2O4. The molecule has 0 unspecified atom stereocenters. The summed E-state index contributed by atoms with van der Waals surface area (Å²) in [4.78, 5) is 29.1. The molecule has 1 aromatic rings. The van der Waals surface area contributed by atoms with E-state index < -0.39 is 0 Å². The zero-order valence-electron chi connectivity index (χ0n) is 16.0. The molecule has 0 N–H and O–H groups in total. The van der Waals surface area contributed by atoms with Crippen LogP contribution in [-0.4, -0.2) is 54.5 Å². The predicted octanol–water partition coefficient (Wildman–Crippen LogP) is 2.45. The molecule has 1 saturated carbocycles. The Morgan fingerprint density at radius 3 is 2.54 bits per heavy atom. The highest BCUT2D eigenvalue weighted by Gasteiger charge is 2.41. The van der Waals surface area contributed by atoms with Crippen LogP contribution in [0.25, 0.3) is 0 Å². The van der Waals surface area contributed by atoms with E-state index in [1.807, 2.05) is 41.8 Å². The van der Waals surface area contributed by atoms with Crippen molar-refractivity contribution in [1.29, 1.82) is 0 Å². The molecule has 1 heterocycles. The number of likely N-dealkylation sites (tertiary alicyclic amines) is 1. The van der Waals surface area contributed by atoms with Crippen LogP contribution in [0.15, 0.2) is 18.2 Å². The van der Waals surface area contributed by atoms with Crippen molar-refractivity contribution >= 4 is 11.8 Å². The van der Waals surface area contributed by atoms with E-state index in [-0.39, 0.29) is 29.8 Å². The lowest BCUT2D eigenvalue weighted by Gasteiger charge is -2.27. The zero-order chi connectivity index (χ0) is 18.8. The predicted molar refractivity (Wildman–Crippen MR) is 98.1 cm³/mol. The first kappa shape index (κ1) is 18.5. The van der Waals surface area contributed by atoms with Gasteiger partial charge in [0.15, 0.2) is 0 Å². The number of benzene rings is 1. The third-order valence-electron chi connectivity index (χ3n) is 5.24. The maximum absolute atomic E-state index is 13.1. The topological polar surface area (TPSA) is 59.1 Å². The van der Waals surface area contributed by atoms with Crippen molar-refractivity contribution in [2.75, 3.05) is 20.8 Å². The Kier molecular flexibility index (Phi) is 5.39. The van der Waals surface area contributed by atoms with Crippen LogP contribution >= 0.6 is 0 Å². The summed E-state index contributed by atoms with van der Waals surface area (Å²) >= 11 is 0. The Morgan fingerprint density at radius 1 is 1.27 bits per heavy atom. The first-order chi connectivity index (χ1) is 12.4. The molecular weight excluding hydrogens is 332 g/mol. The average Bonchev–Trinajstić information content (AvgIpc) is 3.39. The first-order valence-corrected chi connectivity index (χ1v) is 9.25. The third kappa shape index (κ3) is 3.79. The molecule has 0 bridgehead atoms. The van der Waals surface area contributed by atoms with Crippen molar-refractivity contribution < 1.29 is 19.1 Å². The highest BCUT2D eigenvalue weighted by molar-refractivity contribution is 5.89. The van der Waals surface area contributed by atoms with Gasteiger partial charge in [-0.25, -0.2) is 0 Å². The summed E-state index contributed by atoms with van der Waals surface area (Å²) in [5.74, 6) is 1.37. The monoisotopic (exact) mass is 360 g/mol. The van der Waals surface area contributed by atoms with Gasteiger partial charge in [0.25, 0.3) is 0 Å². The quantitative estimate of drug-likeness (QED) is 0.749. The molecule has 1 aliphatic heterocycles. The molecule has 0 aromatic heterocycles. The first-order valence-electron chi connectivity index (χ1n) is 9.25. The van der Waals surface area contributed by atoms with Crippen molar-refractivity contribution in [2.24, 2.45) is 5.92 Å². The average molecular weight is 360 g/mol. The van der Waals surface area contributed by atoms with Crippen molar-refractivity contribution in [3.05, 3.63) is 23.8 Å². The maximum Gasteiger partial charge on any atom is 0.228 e. The van der Waals surface area contributed by atoms with E-state index in [0.29, 0.717) is 25.3 Å². The van der Waals surface area contributed by atoms with E-state index in [2.05, 4.69) is 0 Å². The number of carbonyl (C=O) groups is 2. The molecule has 2 amide bonds. The number of methoxy groups -OCH3 is 2. The Hall–Kier alpha value is -2.24. The molecule has 3 rings (SSSR count). The number of amides is 2. The van der Waals surface area contributed by atoms with E-state index >= 15 is 0 Å². The zero-order valence-corrected chi connectivity index (χ0v) is 16.0. The number of nitrogens with zero attached hydrogens (tertiary/aromatic N) is 2. The summed E-state index contributed by atoms with van der Waals surface area (Å²) in [6, 6.07) is 6.08. The Morgan fingerprint density at radius 2 is 2.00 bits per heavy atom. The van der Waals surface area contributed by atoms with Crippen LogP contribution in [0.4, 0.5) is 0 Å². The minimum absolute atomic E-state index is 0.0797. The normalized spacial score (nSPS) is 19.8. The van der Waals surface area contributed by atoms with Gasteiger partial charge < -0.3 is 19.3 Å². The van der Waals surface area contributed by atoms with Crippen LogP contribution in [-0.2, 0) is 16.1 Å². The van der Waals surface area contributed by atoms with Crippen LogP contribution in [0.1, 0.15) is 38.7 Å². The summed E-state index contributed by atoms with van der Waals surface area (Å²) in [5, 5.41) is 0. The summed E-state index contributed by atoms with van der Waals surface area (Å²) in [5.41, 5.74) is 0.957. The molecule has 6 nitrogen and oxygen atoms in total. The van der Waals surface area contributed by atoms with Gasteiger partial charge in [0.05, 0.1) is 20.1 Å². The smallest absolute Gasteiger partial charge is 0.228 e. The van der Waals surface area contributed by atoms with Gasteiger partial charge in [-0.15, -0.1) is 0 Å². The van der Waals surface area contributed by atoms with Crippen molar-refractivity contribution in [1.82, 2.24) is 9.80 Å². The van der Waals surface area contributed by atoms with Gasteiger partial charge in [0, 0.05) is 43.2 Å². The SMILES string of the molecule is COc1ccc(CN(C(=O)[C@H]2CC(=O)N(C(C)C)C2)C2CC2)c(OC)c1. The molecule has 1 atom stereocenters. The van der Waals surface area contributed by atoms with E-state index in [0.717, 1.165) is 24.2 Å². The number of ether oxygens (including phenoxy) is 2. The Labute approximate surface area is 155 Å². The van der Waals surface area contributed by atoms with Crippen LogP contribution in [0, 0.1) is 5.92 Å². The third-order valence-corrected chi connectivity index (χ3v) is 5.24. The van der Waals surface area contributed by atoms with Gasteiger partial charge in [-0.2, -0.15) is 0 Å². The number of hydrogen-bond acceptors (Lipinski definition) is 4. The summed E-state index contributed by atoms with van der Waals surface area (Å²) < 4.78 is 10.7. The second-order valence-corrected chi connectivity index (χ2v) is 7.42. The van der Waals surface area contributed by atoms with Crippen molar-refractivity contribution in [3.63, 3.8) is 0 Å². The van der Waals surface area contributed by atoms with E-state index in [9.17, 15) is 9.59 Å². The molecule has 142 valence electrons. The molecule has 1 saturated heterocycles. The lowest BCUT2D eigenvalue weighted by molar-refractivity contribution is -0.137. The Balaban J connectivity index is 1.76. The fourth-order valence-corrected chi connectivity index (χ4v) is 3.57. The van der Waals surface area contributed by atoms with E-state index in [4.69, 9.17) is 9.47 Å². The second-order valence-electron chi connectivity index (χ2n) is 7.42. The van der Waals surface area contributed by atoms with Gasteiger partial charge in [-0.1, -0.05) is 0 Å². The van der Waals surface area contributed by atoms with Crippen LogP contribution in [0.2, 0.25) is 0 Å². The van der Waals surface area contributed by atoms with Gasteiger partial charge in [0.2, 0.25) is 11.8 Å². The number of carbonyl (C=O) groups excluding carboxylic acids is 2. The maximum atomic E-state index is 13.1. The minimum atomic E-state index is -0.241. The van der Waals surface area contributed by atoms with E-state index in [1.165, 1.54) is 0 Å². The molecule has 1 aliphatic carbocycles. The molecule has 2 aliphatic rings. The van der Waals surface area contributed by atoms with Crippen LogP contribution in [0.3, 0.4) is 0 Å². The van der Waals surface area contributed by atoms with Crippen LogP contribution < -0.4 is 9.47 Å². The molecule has 0 spiro atoms. The molecule has 1 aromatic carbocycles. The van der Waals surface area contributed by atoms with Crippen LogP contribution in [0.5, 0.6) is 11.5 Å². The second kappa shape index (κ2) is 7.56. The summed E-state index contributed by atoms with van der Waals surface area (Å²) in [6.07, 6.45) is 2.37. The molecule has 6 heteroatoms. The van der Waals surface area contributed by atoms with Gasteiger partial charge in [-0.3, -0.25) is 9.59 Å². The highest BCUT2D eigenvalue weighted by atomic mass is 16.5. The number of hydrogen-bond donors (Lipinski definition) is 0. The lowest BCUT2D eigenvalue weighted by Crippen LogP contribution is -2.39. The van der Waals surface area contributed by atoms with Crippen molar-refractivity contribution in [2.45, 2.75) is 51.7 Å². The van der Waals surface area contributed by atoms with Gasteiger partial charge in [0.1, 0.15) is 11.5 Å². The molecule has 26 heavy (non-hydrogen) atoms. The minimum Gasteiger partial charge on any atom is -0.497 e. The molecule has 0 radical (unpaired) electrons. The van der Waals surface area contributed by atoms with Gasteiger partial charge in [-0.05, 0) is 38.8 Å². The fourth-order valence-electron chi connectivity index (χ4n) is 3.57. The number of rotatable bonds is 7. The van der Waals surface area contributed by atoms with Crippen molar-refractivity contribution in [3.8, 4) is 11.5 Å². The fraction of sp³-hybridized carbons (Fsp3) is 0.600.